The summed E-state index contributed by atoms with van der Waals surface area (Å²) in [5.41, 5.74) is 0.605. The number of ether oxygens (including phenoxy) is 2. The van der Waals surface area contributed by atoms with Gasteiger partial charge >= 0.3 is 5.97 Å². The Morgan fingerprint density at radius 3 is 2.32 bits per heavy atom. The molecule has 0 spiro atoms. The van der Waals surface area contributed by atoms with Gasteiger partial charge in [0, 0.05) is 11.6 Å². The SMILES string of the molecule is CC(C)COC(=O)[C@@H](C)Oc1ccc(C(=O)NC2CCCCC2)cc1. The Morgan fingerprint density at radius 2 is 1.72 bits per heavy atom. The van der Waals surface area contributed by atoms with Crippen LogP contribution in [0.2, 0.25) is 0 Å². The number of carbonyl (C=O) groups is 2. The highest BCUT2D eigenvalue weighted by atomic mass is 16.6. The van der Waals surface area contributed by atoms with Crippen LogP contribution in [-0.2, 0) is 9.53 Å². The predicted molar refractivity (Wildman–Crippen MR) is 96.7 cm³/mol. The molecule has 0 aromatic heterocycles. The molecule has 138 valence electrons. The van der Waals surface area contributed by atoms with Gasteiger partial charge in [0.25, 0.3) is 5.91 Å². The Balaban J connectivity index is 1.84. The Morgan fingerprint density at radius 1 is 1.08 bits per heavy atom. The van der Waals surface area contributed by atoms with Gasteiger partial charge in [0.2, 0.25) is 0 Å². The monoisotopic (exact) mass is 347 g/mol. The van der Waals surface area contributed by atoms with Crippen molar-refractivity contribution in [1.82, 2.24) is 5.32 Å². The zero-order valence-corrected chi connectivity index (χ0v) is 15.4. The minimum absolute atomic E-state index is 0.0529. The highest BCUT2D eigenvalue weighted by molar-refractivity contribution is 5.94. The van der Waals surface area contributed by atoms with E-state index in [1.165, 1.54) is 19.3 Å². The second kappa shape index (κ2) is 9.44. The lowest BCUT2D eigenvalue weighted by atomic mass is 9.95. The first kappa shape index (κ1) is 19.3. The highest BCUT2D eigenvalue weighted by Gasteiger charge is 2.18. The summed E-state index contributed by atoms with van der Waals surface area (Å²) >= 11 is 0. The number of carbonyl (C=O) groups excluding carboxylic acids is 2. The van der Waals surface area contributed by atoms with E-state index in [-0.39, 0.29) is 23.8 Å². The number of hydrogen-bond acceptors (Lipinski definition) is 4. The summed E-state index contributed by atoms with van der Waals surface area (Å²) in [6, 6.07) is 7.15. The van der Waals surface area contributed by atoms with Crippen LogP contribution in [0.3, 0.4) is 0 Å². The van der Waals surface area contributed by atoms with Gasteiger partial charge < -0.3 is 14.8 Å². The fourth-order valence-corrected chi connectivity index (χ4v) is 2.82. The maximum atomic E-state index is 12.3. The molecule has 0 heterocycles. The van der Waals surface area contributed by atoms with E-state index in [0.717, 1.165) is 12.8 Å². The molecule has 1 N–H and O–H groups in total. The Bertz CT molecular complexity index is 562. The molecule has 25 heavy (non-hydrogen) atoms. The molecule has 1 aromatic carbocycles. The van der Waals surface area contributed by atoms with Crippen molar-refractivity contribution < 1.29 is 19.1 Å². The molecule has 1 saturated carbocycles. The summed E-state index contributed by atoms with van der Waals surface area (Å²) < 4.78 is 10.7. The molecule has 1 aliphatic carbocycles. The molecular weight excluding hydrogens is 318 g/mol. The van der Waals surface area contributed by atoms with Gasteiger partial charge in [-0.2, -0.15) is 0 Å². The van der Waals surface area contributed by atoms with Gasteiger partial charge in [0.15, 0.2) is 6.10 Å². The standard InChI is InChI=1S/C20H29NO4/c1-14(2)13-24-20(23)15(3)25-18-11-9-16(10-12-18)19(22)21-17-7-5-4-6-8-17/h9-12,14-15,17H,4-8,13H2,1-3H3,(H,21,22)/t15-/m1/s1. The van der Waals surface area contributed by atoms with Crippen LogP contribution in [-0.4, -0.2) is 30.6 Å². The molecule has 1 atom stereocenters. The Kier molecular flexibility index (Phi) is 7.29. The second-order valence-corrected chi connectivity index (χ2v) is 7.12. The summed E-state index contributed by atoms with van der Waals surface area (Å²) in [6.07, 6.45) is 5.06. The molecule has 5 heteroatoms. The molecule has 5 nitrogen and oxygen atoms in total. The topological polar surface area (TPSA) is 64.6 Å². The van der Waals surface area contributed by atoms with Crippen molar-refractivity contribution in [2.45, 2.75) is 65.0 Å². The number of hydrogen-bond donors (Lipinski definition) is 1. The molecule has 0 bridgehead atoms. The van der Waals surface area contributed by atoms with E-state index in [2.05, 4.69) is 5.32 Å². The van der Waals surface area contributed by atoms with Crippen LogP contribution < -0.4 is 10.1 Å². The van der Waals surface area contributed by atoms with Gasteiger partial charge in [0.1, 0.15) is 5.75 Å². The summed E-state index contributed by atoms with van der Waals surface area (Å²) in [7, 11) is 0. The van der Waals surface area contributed by atoms with Gasteiger partial charge in [-0.1, -0.05) is 33.1 Å². The highest BCUT2D eigenvalue weighted by Crippen LogP contribution is 2.19. The lowest BCUT2D eigenvalue weighted by molar-refractivity contribution is -0.152. The fourth-order valence-electron chi connectivity index (χ4n) is 2.82. The van der Waals surface area contributed by atoms with E-state index in [9.17, 15) is 9.59 Å². The Labute approximate surface area is 150 Å². The van der Waals surface area contributed by atoms with E-state index in [1.807, 2.05) is 13.8 Å². The first-order valence-corrected chi connectivity index (χ1v) is 9.20. The van der Waals surface area contributed by atoms with Crippen molar-refractivity contribution in [3.63, 3.8) is 0 Å². The average Bonchev–Trinajstić information content (AvgIpc) is 2.61. The second-order valence-electron chi connectivity index (χ2n) is 7.12. The average molecular weight is 347 g/mol. The van der Waals surface area contributed by atoms with Crippen molar-refractivity contribution in [2.24, 2.45) is 5.92 Å². The molecule has 1 aromatic rings. The maximum Gasteiger partial charge on any atom is 0.347 e. The number of rotatable bonds is 7. The third-order valence-electron chi connectivity index (χ3n) is 4.26. The van der Waals surface area contributed by atoms with E-state index in [1.54, 1.807) is 31.2 Å². The molecule has 1 aliphatic rings. The lowest BCUT2D eigenvalue weighted by Crippen LogP contribution is -2.36. The normalized spacial score (nSPS) is 16.3. The largest absolute Gasteiger partial charge is 0.479 e. The van der Waals surface area contributed by atoms with Gasteiger partial charge in [-0.3, -0.25) is 4.79 Å². The molecule has 0 saturated heterocycles. The number of nitrogens with one attached hydrogen (secondary N) is 1. The van der Waals surface area contributed by atoms with Crippen molar-refractivity contribution in [1.29, 1.82) is 0 Å². The quantitative estimate of drug-likeness (QED) is 0.764. The summed E-state index contributed by atoms with van der Waals surface area (Å²) in [5.74, 6) is 0.400. The number of benzene rings is 1. The van der Waals surface area contributed by atoms with E-state index < -0.39 is 6.10 Å². The van der Waals surface area contributed by atoms with Gasteiger partial charge in [-0.25, -0.2) is 4.79 Å². The van der Waals surface area contributed by atoms with Gasteiger partial charge in [-0.05, 0) is 49.9 Å². The molecule has 0 unspecified atom stereocenters. The first-order valence-electron chi connectivity index (χ1n) is 9.20. The number of amides is 1. The van der Waals surface area contributed by atoms with Gasteiger partial charge in [-0.15, -0.1) is 0 Å². The molecule has 1 amide bonds. The maximum absolute atomic E-state index is 12.3. The van der Waals surface area contributed by atoms with Gasteiger partial charge in [0.05, 0.1) is 6.61 Å². The smallest absolute Gasteiger partial charge is 0.347 e. The lowest BCUT2D eigenvalue weighted by Gasteiger charge is -2.22. The number of esters is 1. The van der Waals surface area contributed by atoms with Crippen LogP contribution in [0.25, 0.3) is 0 Å². The summed E-state index contributed by atoms with van der Waals surface area (Å²) in [5, 5.41) is 3.09. The molecule has 1 fully saturated rings. The van der Waals surface area contributed by atoms with E-state index >= 15 is 0 Å². The van der Waals surface area contributed by atoms with Crippen LogP contribution in [0.4, 0.5) is 0 Å². The van der Waals surface area contributed by atoms with Crippen LogP contribution in [0.5, 0.6) is 5.75 Å². The third-order valence-corrected chi connectivity index (χ3v) is 4.26. The molecular formula is C20H29NO4. The molecule has 0 aliphatic heterocycles. The minimum Gasteiger partial charge on any atom is -0.479 e. The first-order chi connectivity index (χ1) is 12.0. The van der Waals surface area contributed by atoms with Crippen LogP contribution >= 0.6 is 0 Å². The Hall–Kier alpha value is -2.04. The zero-order chi connectivity index (χ0) is 18.2. The third kappa shape index (κ3) is 6.40. The van der Waals surface area contributed by atoms with Crippen LogP contribution in [0.1, 0.15) is 63.2 Å². The zero-order valence-electron chi connectivity index (χ0n) is 15.4. The van der Waals surface area contributed by atoms with E-state index in [4.69, 9.17) is 9.47 Å². The van der Waals surface area contributed by atoms with Crippen molar-refractivity contribution >= 4 is 11.9 Å². The van der Waals surface area contributed by atoms with Crippen molar-refractivity contribution in [2.75, 3.05) is 6.61 Å². The summed E-state index contributed by atoms with van der Waals surface area (Å²) in [4.78, 5) is 24.1. The summed E-state index contributed by atoms with van der Waals surface area (Å²) in [6.45, 7) is 6.00. The molecule has 0 radical (unpaired) electrons. The van der Waals surface area contributed by atoms with Crippen molar-refractivity contribution in [3.05, 3.63) is 29.8 Å². The van der Waals surface area contributed by atoms with Crippen LogP contribution in [0.15, 0.2) is 24.3 Å². The van der Waals surface area contributed by atoms with Crippen LogP contribution in [0, 0.1) is 5.92 Å². The van der Waals surface area contributed by atoms with Crippen molar-refractivity contribution in [3.8, 4) is 5.75 Å². The molecule has 2 rings (SSSR count). The fraction of sp³-hybridized carbons (Fsp3) is 0.600. The minimum atomic E-state index is -0.680. The van der Waals surface area contributed by atoms with E-state index in [0.29, 0.717) is 17.9 Å². The predicted octanol–water partition coefficient (Wildman–Crippen LogP) is 3.72.